The van der Waals surface area contributed by atoms with E-state index in [1.54, 1.807) is 18.5 Å². The number of sulfone groups is 1. The monoisotopic (exact) mass is 229 g/mol. The Kier molecular flexibility index (Phi) is 2.84. The summed E-state index contributed by atoms with van der Waals surface area (Å²) >= 11 is 0. The molecule has 2 unspecified atom stereocenters. The third-order valence-corrected chi connectivity index (χ3v) is 5.22. The SMILES string of the molecule is O=S1(=O)CCCCC1C(O)c1cc[nH]c1. The smallest absolute Gasteiger partial charge is 0.156 e. The predicted molar refractivity (Wildman–Crippen MR) is 57.2 cm³/mol. The summed E-state index contributed by atoms with van der Waals surface area (Å²) in [7, 11) is -3.11. The minimum atomic E-state index is -3.11. The first-order valence-electron chi connectivity index (χ1n) is 5.13. The van der Waals surface area contributed by atoms with Crippen molar-refractivity contribution in [3.05, 3.63) is 24.0 Å². The molecule has 1 aromatic heterocycles. The number of rotatable bonds is 2. The minimum Gasteiger partial charge on any atom is -0.387 e. The van der Waals surface area contributed by atoms with Gasteiger partial charge in [0.05, 0.1) is 17.1 Å². The molecular formula is C10H15NO3S. The van der Waals surface area contributed by atoms with Crippen LogP contribution >= 0.6 is 0 Å². The second-order valence-corrected chi connectivity index (χ2v) is 6.33. The van der Waals surface area contributed by atoms with E-state index in [1.807, 2.05) is 0 Å². The third kappa shape index (κ3) is 2.08. The fraction of sp³-hybridized carbons (Fsp3) is 0.600. The molecule has 1 aliphatic rings. The summed E-state index contributed by atoms with van der Waals surface area (Å²) in [4.78, 5) is 2.82. The first-order chi connectivity index (χ1) is 7.11. The van der Waals surface area contributed by atoms with Crippen LogP contribution in [0.5, 0.6) is 0 Å². The second kappa shape index (κ2) is 3.98. The van der Waals surface area contributed by atoms with E-state index in [9.17, 15) is 13.5 Å². The van der Waals surface area contributed by atoms with Crippen molar-refractivity contribution >= 4 is 9.84 Å². The Morgan fingerprint density at radius 1 is 1.47 bits per heavy atom. The average molecular weight is 229 g/mol. The summed E-state index contributed by atoms with van der Waals surface area (Å²) in [5.74, 6) is 0.207. The third-order valence-electron chi connectivity index (χ3n) is 2.94. The predicted octanol–water partition coefficient (Wildman–Crippen LogP) is 1.02. The van der Waals surface area contributed by atoms with Gasteiger partial charge in [-0.05, 0) is 24.5 Å². The Morgan fingerprint density at radius 3 is 2.87 bits per heavy atom. The molecule has 0 amide bonds. The second-order valence-electron chi connectivity index (χ2n) is 3.99. The van der Waals surface area contributed by atoms with E-state index in [4.69, 9.17) is 0 Å². The Bertz CT molecular complexity index is 410. The standard InChI is InChI=1S/C10H15NO3S/c12-10(8-4-5-11-7-8)9-3-1-2-6-15(9,13)14/h4-5,7,9-12H,1-3,6H2. The summed E-state index contributed by atoms with van der Waals surface area (Å²) < 4.78 is 23.5. The van der Waals surface area contributed by atoms with Gasteiger partial charge in [-0.15, -0.1) is 0 Å². The van der Waals surface area contributed by atoms with Gasteiger partial charge in [-0.2, -0.15) is 0 Å². The summed E-state index contributed by atoms with van der Waals surface area (Å²) in [5.41, 5.74) is 0.658. The zero-order valence-electron chi connectivity index (χ0n) is 8.39. The van der Waals surface area contributed by atoms with Gasteiger partial charge in [0, 0.05) is 12.4 Å². The van der Waals surface area contributed by atoms with Gasteiger partial charge in [0.2, 0.25) is 0 Å². The van der Waals surface area contributed by atoms with Gasteiger partial charge in [-0.1, -0.05) is 6.42 Å². The molecule has 0 bridgehead atoms. The van der Waals surface area contributed by atoms with Crippen LogP contribution in [0, 0.1) is 0 Å². The lowest BCUT2D eigenvalue weighted by atomic mass is 10.1. The summed E-state index contributed by atoms with van der Waals surface area (Å²) in [6, 6.07) is 1.72. The maximum absolute atomic E-state index is 11.7. The zero-order chi connectivity index (χ0) is 10.9. The molecule has 1 aliphatic heterocycles. The molecule has 2 heterocycles. The molecule has 0 radical (unpaired) electrons. The highest BCUT2D eigenvalue weighted by Crippen LogP contribution is 2.30. The normalized spacial score (nSPS) is 27.4. The molecule has 0 spiro atoms. The minimum absolute atomic E-state index is 0.207. The summed E-state index contributed by atoms with van der Waals surface area (Å²) in [6.45, 7) is 0. The van der Waals surface area contributed by atoms with Gasteiger partial charge in [-0.25, -0.2) is 8.42 Å². The molecule has 0 aliphatic carbocycles. The van der Waals surface area contributed by atoms with Crippen LogP contribution in [-0.4, -0.2) is 29.5 Å². The molecule has 5 heteroatoms. The number of aliphatic hydroxyl groups is 1. The molecule has 2 N–H and O–H groups in total. The topological polar surface area (TPSA) is 70.2 Å². The van der Waals surface area contributed by atoms with Crippen LogP contribution in [0.25, 0.3) is 0 Å². The van der Waals surface area contributed by atoms with Gasteiger partial charge in [0.25, 0.3) is 0 Å². The molecule has 2 atom stereocenters. The molecule has 0 saturated carbocycles. The van der Waals surface area contributed by atoms with E-state index >= 15 is 0 Å². The van der Waals surface area contributed by atoms with E-state index in [1.165, 1.54) is 0 Å². The molecule has 84 valence electrons. The van der Waals surface area contributed by atoms with Crippen molar-refractivity contribution < 1.29 is 13.5 Å². The first kappa shape index (κ1) is 10.7. The van der Waals surface area contributed by atoms with Crippen molar-refractivity contribution in [3.63, 3.8) is 0 Å². The van der Waals surface area contributed by atoms with Crippen molar-refractivity contribution in [2.75, 3.05) is 5.75 Å². The quantitative estimate of drug-likeness (QED) is 0.795. The largest absolute Gasteiger partial charge is 0.387 e. The lowest BCUT2D eigenvalue weighted by Crippen LogP contribution is -2.33. The van der Waals surface area contributed by atoms with E-state index < -0.39 is 21.2 Å². The van der Waals surface area contributed by atoms with Crippen molar-refractivity contribution in [2.24, 2.45) is 0 Å². The zero-order valence-corrected chi connectivity index (χ0v) is 9.20. The number of H-pyrrole nitrogens is 1. The molecule has 1 saturated heterocycles. The maximum atomic E-state index is 11.7. The van der Waals surface area contributed by atoms with E-state index in [0.717, 1.165) is 12.8 Å². The van der Waals surface area contributed by atoms with E-state index in [-0.39, 0.29) is 5.75 Å². The highest BCUT2D eigenvalue weighted by atomic mass is 32.2. The fourth-order valence-electron chi connectivity index (χ4n) is 2.07. The Labute approximate surface area is 89.2 Å². The Hall–Kier alpha value is -0.810. The number of aliphatic hydroxyl groups excluding tert-OH is 1. The number of hydrogen-bond acceptors (Lipinski definition) is 3. The Morgan fingerprint density at radius 2 is 2.27 bits per heavy atom. The number of aromatic nitrogens is 1. The van der Waals surface area contributed by atoms with Gasteiger partial charge >= 0.3 is 0 Å². The lowest BCUT2D eigenvalue weighted by molar-refractivity contribution is 0.164. The van der Waals surface area contributed by atoms with Crippen LogP contribution < -0.4 is 0 Å². The van der Waals surface area contributed by atoms with Crippen LogP contribution in [0.4, 0.5) is 0 Å². The van der Waals surface area contributed by atoms with E-state index in [2.05, 4.69) is 4.98 Å². The molecule has 1 aromatic rings. The Balaban J connectivity index is 2.23. The fourth-order valence-corrected chi connectivity index (χ4v) is 4.05. The van der Waals surface area contributed by atoms with Crippen molar-refractivity contribution in [1.29, 1.82) is 0 Å². The molecular weight excluding hydrogens is 214 g/mol. The summed E-state index contributed by atoms with van der Waals surface area (Å²) in [6.07, 6.45) is 4.61. The van der Waals surface area contributed by atoms with Crippen LogP contribution in [0.3, 0.4) is 0 Å². The van der Waals surface area contributed by atoms with Crippen LogP contribution in [0.15, 0.2) is 18.5 Å². The van der Waals surface area contributed by atoms with Gasteiger partial charge < -0.3 is 10.1 Å². The first-order valence-corrected chi connectivity index (χ1v) is 6.85. The lowest BCUT2D eigenvalue weighted by Gasteiger charge is -2.26. The van der Waals surface area contributed by atoms with Crippen molar-refractivity contribution in [2.45, 2.75) is 30.6 Å². The number of aromatic amines is 1. The average Bonchev–Trinajstić information content (AvgIpc) is 2.69. The number of nitrogens with one attached hydrogen (secondary N) is 1. The van der Waals surface area contributed by atoms with Gasteiger partial charge in [-0.3, -0.25) is 0 Å². The highest BCUT2D eigenvalue weighted by Gasteiger charge is 2.35. The maximum Gasteiger partial charge on any atom is 0.156 e. The van der Waals surface area contributed by atoms with Gasteiger partial charge in [0.15, 0.2) is 9.84 Å². The van der Waals surface area contributed by atoms with Gasteiger partial charge in [0.1, 0.15) is 0 Å². The van der Waals surface area contributed by atoms with Crippen molar-refractivity contribution in [1.82, 2.24) is 4.98 Å². The highest BCUT2D eigenvalue weighted by molar-refractivity contribution is 7.92. The molecule has 1 fully saturated rings. The van der Waals surface area contributed by atoms with Crippen LogP contribution in [0.2, 0.25) is 0 Å². The number of hydrogen-bond donors (Lipinski definition) is 2. The molecule has 0 aromatic carbocycles. The molecule has 2 rings (SSSR count). The van der Waals surface area contributed by atoms with Crippen molar-refractivity contribution in [3.8, 4) is 0 Å². The summed E-state index contributed by atoms with van der Waals surface area (Å²) in [5, 5.41) is 9.35. The van der Waals surface area contributed by atoms with E-state index in [0.29, 0.717) is 12.0 Å². The molecule has 15 heavy (non-hydrogen) atoms. The van der Waals surface area contributed by atoms with Crippen LogP contribution in [-0.2, 0) is 9.84 Å². The van der Waals surface area contributed by atoms with Crippen LogP contribution in [0.1, 0.15) is 30.9 Å². The molecule has 4 nitrogen and oxygen atoms in total.